The second kappa shape index (κ2) is 6.56. The average Bonchev–Trinajstić information content (AvgIpc) is 2.46. The smallest absolute Gasteiger partial charge is 0.265 e. The molecule has 3 N–H and O–H groups in total. The number of thioether (sulfide) groups is 1. The van der Waals surface area contributed by atoms with Crippen molar-refractivity contribution in [2.24, 2.45) is 5.84 Å². The van der Waals surface area contributed by atoms with Gasteiger partial charge in [-0.1, -0.05) is 23.7 Å². The van der Waals surface area contributed by atoms with E-state index in [0.717, 1.165) is 16.3 Å². The first-order valence-corrected chi connectivity index (χ1v) is 6.89. The van der Waals surface area contributed by atoms with Crippen LogP contribution >= 0.6 is 23.4 Å². The Morgan fingerprint density at radius 2 is 2.21 bits per heavy atom. The van der Waals surface area contributed by atoms with Gasteiger partial charge in [-0.15, -0.1) is 11.8 Å². The molecule has 0 aliphatic heterocycles. The molecule has 1 aromatic heterocycles. The van der Waals surface area contributed by atoms with Gasteiger partial charge in [-0.25, -0.2) is 10.8 Å². The topological polar surface area (TPSA) is 68.0 Å². The zero-order valence-electron chi connectivity index (χ0n) is 9.97. The summed E-state index contributed by atoms with van der Waals surface area (Å²) >= 11 is 7.35. The third kappa shape index (κ3) is 3.96. The molecule has 0 fully saturated rings. The summed E-state index contributed by atoms with van der Waals surface area (Å²) in [7, 11) is 0. The number of hydrogen-bond acceptors (Lipinski definition) is 4. The van der Waals surface area contributed by atoms with Crippen molar-refractivity contribution in [1.29, 1.82) is 0 Å². The SMILES string of the molecule is NNC(=O)c1cccc(CSc2ccc(Cl)cn2)c1. The molecule has 6 heteroatoms. The minimum Gasteiger partial charge on any atom is -0.290 e. The first-order chi connectivity index (χ1) is 9.19. The standard InChI is InChI=1S/C13H12ClN3OS/c14-11-4-5-12(16-7-11)19-8-9-2-1-3-10(6-9)13(18)17-15/h1-7H,8,15H2,(H,17,18). The van der Waals surface area contributed by atoms with Crippen LogP contribution < -0.4 is 11.3 Å². The van der Waals surface area contributed by atoms with Crippen molar-refractivity contribution >= 4 is 29.3 Å². The molecule has 0 bridgehead atoms. The van der Waals surface area contributed by atoms with Crippen LogP contribution in [0.4, 0.5) is 0 Å². The van der Waals surface area contributed by atoms with Gasteiger partial charge in [0.2, 0.25) is 0 Å². The lowest BCUT2D eigenvalue weighted by Crippen LogP contribution is -2.29. The number of pyridine rings is 1. The third-order valence-corrected chi connectivity index (χ3v) is 3.65. The molecule has 0 radical (unpaired) electrons. The van der Waals surface area contributed by atoms with E-state index in [4.69, 9.17) is 17.4 Å². The number of halogens is 1. The summed E-state index contributed by atoms with van der Waals surface area (Å²) in [4.78, 5) is 15.6. The molecule has 0 saturated heterocycles. The summed E-state index contributed by atoms with van der Waals surface area (Å²) in [6, 6.07) is 11.0. The van der Waals surface area contributed by atoms with Gasteiger partial charge in [-0.05, 0) is 29.8 Å². The van der Waals surface area contributed by atoms with E-state index in [1.807, 2.05) is 24.3 Å². The minimum atomic E-state index is -0.295. The Bertz CT molecular complexity index is 574. The number of amides is 1. The van der Waals surface area contributed by atoms with E-state index < -0.39 is 0 Å². The van der Waals surface area contributed by atoms with Crippen molar-refractivity contribution in [3.05, 3.63) is 58.7 Å². The largest absolute Gasteiger partial charge is 0.290 e. The Morgan fingerprint density at radius 3 is 2.89 bits per heavy atom. The second-order valence-corrected chi connectivity index (χ2v) is 5.21. The normalized spacial score (nSPS) is 10.2. The third-order valence-electron chi connectivity index (χ3n) is 2.41. The van der Waals surface area contributed by atoms with Gasteiger partial charge in [0.15, 0.2) is 0 Å². The molecule has 98 valence electrons. The van der Waals surface area contributed by atoms with Crippen molar-refractivity contribution in [2.75, 3.05) is 0 Å². The van der Waals surface area contributed by atoms with Gasteiger partial charge in [-0.3, -0.25) is 10.2 Å². The molecule has 19 heavy (non-hydrogen) atoms. The van der Waals surface area contributed by atoms with E-state index in [9.17, 15) is 4.79 Å². The summed E-state index contributed by atoms with van der Waals surface area (Å²) in [5.41, 5.74) is 3.69. The number of benzene rings is 1. The number of hydrogen-bond donors (Lipinski definition) is 2. The Morgan fingerprint density at radius 1 is 1.37 bits per heavy atom. The number of carbonyl (C=O) groups is 1. The molecular formula is C13H12ClN3OS. The van der Waals surface area contributed by atoms with Crippen LogP contribution in [0.1, 0.15) is 15.9 Å². The van der Waals surface area contributed by atoms with Crippen molar-refractivity contribution in [2.45, 2.75) is 10.8 Å². The average molecular weight is 294 g/mol. The molecule has 0 atom stereocenters. The summed E-state index contributed by atoms with van der Waals surface area (Å²) in [5, 5.41) is 1.50. The molecule has 1 aromatic carbocycles. The number of hydrazine groups is 1. The van der Waals surface area contributed by atoms with E-state index in [-0.39, 0.29) is 5.91 Å². The number of nitrogen functional groups attached to an aromatic ring is 1. The summed E-state index contributed by atoms with van der Waals surface area (Å²) in [6.45, 7) is 0. The zero-order chi connectivity index (χ0) is 13.7. The number of aromatic nitrogens is 1. The van der Waals surface area contributed by atoms with Gasteiger partial charge in [-0.2, -0.15) is 0 Å². The molecule has 0 unspecified atom stereocenters. The van der Waals surface area contributed by atoms with Crippen LogP contribution in [0.5, 0.6) is 0 Å². The summed E-state index contributed by atoms with van der Waals surface area (Å²) in [5.74, 6) is 5.53. The van der Waals surface area contributed by atoms with Crippen LogP contribution in [0.2, 0.25) is 5.02 Å². The van der Waals surface area contributed by atoms with Crippen molar-refractivity contribution in [1.82, 2.24) is 10.4 Å². The molecule has 0 aliphatic carbocycles. The van der Waals surface area contributed by atoms with E-state index in [0.29, 0.717) is 10.6 Å². The van der Waals surface area contributed by atoms with E-state index >= 15 is 0 Å². The van der Waals surface area contributed by atoms with Crippen LogP contribution in [-0.4, -0.2) is 10.9 Å². The highest BCUT2D eigenvalue weighted by Crippen LogP contribution is 2.22. The molecular weight excluding hydrogens is 282 g/mol. The Kier molecular flexibility index (Phi) is 4.79. The maximum Gasteiger partial charge on any atom is 0.265 e. The van der Waals surface area contributed by atoms with Gasteiger partial charge >= 0.3 is 0 Å². The predicted octanol–water partition coefficient (Wildman–Crippen LogP) is 2.63. The highest BCUT2D eigenvalue weighted by molar-refractivity contribution is 7.98. The lowest BCUT2D eigenvalue weighted by Gasteiger charge is -2.04. The van der Waals surface area contributed by atoms with Gasteiger partial charge < -0.3 is 0 Å². The van der Waals surface area contributed by atoms with Crippen LogP contribution in [0, 0.1) is 0 Å². The molecule has 2 rings (SSSR count). The van der Waals surface area contributed by atoms with Crippen LogP contribution in [0.15, 0.2) is 47.6 Å². The van der Waals surface area contributed by atoms with Gasteiger partial charge in [0.05, 0.1) is 10.0 Å². The van der Waals surface area contributed by atoms with Crippen LogP contribution in [0.25, 0.3) is 0 Å². The Balaban J connectivity index is 2.03. The fourth-order valence-electron chi connectivity index (χ4n) is 1.49. The van der Waals surface area contributed by atoms with Crippen molar-refractivity contribution in [3.63, 3.8) is 0 Å². The van der Waals surface area contributed by atoms with Crippen LogP contribution in [0.3, 0.4) is 0 Å². The first kappa shape index (κ1) is 13.9. The fraction of sp³-hybridized carbons (Fsp3) is 0.0769. The van der Waals surface area contributed by atoms with E-state index in [1.54, 1.807) is 30.1 Å². The highest BCUT2D eigenvalue weighted by atomic mass is 35.5. The number of carbonyl (C=O) groups excluding carboxylic acids is 1. The van der Waals surface area contributed by atoms with Gasteiger partial charge in [0, 0.05) is 17.5 Å². The second-order valence-electron chi connectivity index (χ2n) is 3.78. The van der Waals surface area contributed by atoms with Gasteiger partial charge in [0.25, 0.3) is 5.91 Å². The monoisotopic (exact) mass is 293 g/mol. The lowest BCUT2D eigenvalue weighted by atomic mass is 10.1. The fourth-order valence-corrected chi connectivity index (χ4v) is 2.39. The highest BCUT2D eigenvalue weighted by Gasteiger charge is 2.04. The first-order valence-electron chi connectivity index (χ1n) is 5.53. The maximum atomic E-state index is 11.4. The molecule has 4 nitrogen and oxygen atoms in total. The summed E-state index contributed by atoms with van der Waals surface area (Å²) in [6.07, 6.45) is 1.61. The van der Waals surface area contributed by atoms with Crippen molar-refractivity contribution in [3.8, 4) is 0 Å². The van der Waals surface area contributed by atoms with Crippen molar-refractivity contribution < 1.29 is 4.79 Å². The summed E-state index contributed by atoms with van der Waals surface area (Å²) < 4.78 is 0. The number of rotatable bonds is 4. The molecule has 1 heterocycles. The number of nitrogens with one attached hydrogen (secondary N) is 1. The molecule has 2 aromatic rings. The van der Waals surface area contributed by atoms with E-state index in [2.05, 4.69) is 10.4 Å². The lowest BCUT2D eigenvalue weighted by molar-refractivity contribution is 0.0953. The zero-order valence-corrected chi connectivity index (χ0v) is 11.5. The Labute approximate surface area is 120 Å². The predicted molar refractivity (Wildman–Crippen MR) is 76.9 cm³/mol. The number of nitrogens with two attached hydrogens (primary N) is 1. The van der Waals surface area contributed by atoms with Crippen LogP contribution in [-0.2, 0) is 5.75 Å². The molecule has 1 amide bonds. The minimum absolute atomic E-state index is 0.295. The quantitative estimate of drug-likeness (QED) is 0.393. The van der Waals surface area contributed by atoms with Gasteiger partial charge in [0.1, 0.15) is 0 Å². The molecule has 0 saturated carbocycles. The molecule has 0 aliphatic rings. The van der Waals surface area contributed by atoms with E-state index in [1.165, 1.54) is 0 Å². The molecule has 0 spiro atoms. The maximum absolute atomic E-state index is 11.4. The Hall–Kier alpha value is -1.56. The number of nitrogens with zero attached hydrogens (tertiary/aromatic N) is 1.